The van der Waals surface area contributed by atoms with E-state index in [9.17, 15) is 0 Å². The summed E-state index contributed by atoms with van der Waals surface area (Å²) in [4.78, 5) is 2.41. The van der Waals surface area contributed by atoms with Gasteiger partial charge in [0.05, 0.1) is 22.4 Å². The molecule has 3 nitrogen and oxygen atoms in total. The monoisotopic (exact) mass is 752 g/mol. The largest absolute Gasteiger partial charge is 0.456 e. The Kier molecular flexibility index (Phi) is 7.54. The third-order valence-electron chi connectivity index (χ3n) is 12.0. The molecule has 12 rings (SSSR count). The second-order valence-electron chi connectivity index (χ2n) is 15.3. The Morgan fingerprint density at radius 3 is 1.59 bits per heavy atom. The van der Waals surface area contributed by atoms with E-state index in [1.54, 1.807) is 0 Å². The van der Waals surface area contributed by atoms with Gasteiger partial charge in [0.15, 0.2) is 0 Å². The minimum absolute atomic E-state index is 0.900. The predicted molar refractivity (Wildman–Crippen MR) is 249 cm³/mol. The highest BCUT2D eigenvalue weighted by Crippen LogP contribution is 2.44. The van der Waals surface area contributed by atoms with E-state index in [1.165, 1.54) is 48.9 Å². The highest BCUT2D eigenvalue weighted by molar-refractivity contribution is 6.15. The fourth-order valence-corrected chi connectivity index (χ4v) is 9.24. The Labute approximate surface area is 341 Å². The van der Waals surface area contributed by atoms with E-state index in [1.807, 2.05) is 12.1 Å². The smallest absolute Gasteiger partial charge is 0.136 e. The molecule has 0 bridgehead atoms. The molecule has 0 saturated heterocycles. The predicted octanol–water partition coefficient (Wildman–Crippen LogP) is 15.8. The van der Waals surface area contributed by atoms with E-state index in [4.69, 9.17) is 4.42 Å². The van der Waals surface area contributed by atoms with E-state index in [0.717, 1.165) is 61.4 Å². The van der Waals surface area contributed by atoms with Crippen molar-refractivity contribution < 1.29 is 4.42 Å². The van der Waals surface area contributed by atoms with Crippen LogP contribution in [0.1, 0.15) is 0 Å². The molecular formula is C56H36N2O. The zero-order valence-electron chi connectivity index (χ0n) is 32.1. The van der Waals surface area contributed by atoms with Gasteiger partial charge < -0.3 is 13.9 Å². The maximum Gasteiger partial charge on any atom is 0.136 e. The zero-order valence-corrected chi connectivity index (χ0v) is 32.1. The number of benzene rings is 10. The number of rotatable bonds is 6. The average Bonchev–Trinajstić information content (AvgIpc) is 3.85. The first-order chi connectivity index (χ1) is 29.3. The van der Waals surface area contributed by atoms with Crippen molar-refractivity contribution in [2.24, 2.45) is 0 Å². The van der Waals surface area contributed by atoms with Crippen LogP contribution < -0.4 is 4.90 Å². The number of anilines is 3. The molecule has 0 amide bonds. The standard InChI is InChI=1S/C56H36N2O/c1-2-14-43-40(13-1)35-54(46-17-4-3-16-45(43)46)57(41-30-25-37(26-31-41)39-29-34-50-49-20-8-12-24-55(49)59-56(50)36-39)42-32-27-38(28-33-42)44-15-5-9-21-51(44)58-52-22-10-6-18-47(52)48-19-7-11-23-53(48)58/h1-36H. The van der Waals surface area contributed by atoms with Crippen molar-refractivity contribution in [3.05, 3.63) is 218 Å². The van der Waals surface area contributed by atoms with Gasteiger partial charge in [0.2, 0.25) is 0 Å². The number of nitrogens with zero attached hydrogens (tertiary/aromatic N) is 2. The summed E-state index contributed by atoms with van der Waals surface area (Å²) < 4.78 is 8.68. The van der Waals surface area contributed by atoms with Crippen LogP contribution in [0.4, 0.5) is 17.1 Å². The van der Waals surface area contributed by atoms with Gasteiger partial charge in [-0.3, -0.25) is 0 Å². The van der Waals surface area contributed by atoms with Gasteiger partial charge in [-0.25, -0.2) is 0 Å². The molecule has 0 unspecified atom stereocenters. The molecule has 12 aromatic rings. The van der Waals surface area contributed by atoms with E-state index < -0.39 is 0 Å². The molecule has 3 heteroatoms. The Hall–Kier alpha value is -7.88. The lowest BCUT2D eigenvalue weighted by atomic mass is 9.98. The van der Waals surface area contributed by atoms with Crippen molar-refractivity contribution in [2.75, 3.05) is 4.90 Å². The summed E-state index contributed by atoms with van der Waals surface area (Å²) >= 11 is 0. The SMILES string of the molecule is c1ccc(-n2c3ccccc3c3ccccc32)c(-c2ccc(N(c3ccc(-c4ccc5c(c4)oc4ccccc45)cc3)c3cc4ccccc4c4ccccc34)cc2)c1. The second kappa shape index (κ2) is 13.4. The number of fused-ring (bicyclic) bond motifs is 9. The summed E-state index contributed by atoms with van der Waals surface area (Å²) in [5.41, 5.74) is 13.3. The number of aromatic nitrogens is 1. The topological polar surface area (TPSA) is 21.3 Å². The first-order valence-corrected chi connectivity index (χ1v) is 20.2. The van der Waals surface area contributed by atoms with Crippen LogP contribution in [0, 0.1) is 0 Å². The molecule has 0 N–H and O–H groups in total. The van der Waals surface area contributed by atoms with Crippen LogP contribution in [0.3, 0.4) is 0 Å². The third-order valence-corrected chi connectivity index (χ3v) is 12.0. The normalized spacial score (nSPS) is 11.7. The van der Waals surface area contributed by atoms with E-state index in [-0.39, 0.29) is 0 Å². The summed E-state index contributed by atoms with van der Waals surface area (Å²) in [5, 5.41) is 9.68. The molecule has 0 aliphatic rings. The van der Waals surface area contributed by atoms with Crippen LogP contribution in [0.25, 0.3) is 93.2 Å². The molecular weight excluding hydrogens is 717 g/mol. The molecule has 2 aromatic heterocycles. The van der Waals surface area contributed by atoms with Crippen LogP contribution in [0.5, 0.6) is 0 Å². The minimum atomic E-state index is 0.900. The van der Waals surface area contributed by atoms with Gasteiger partial charge in [-0.2, -0.15) is 0 Å². The van der Waals surface area contributed by atoms with Crippen LogP contribution in [-0.4, -0.2) is 4.57 Å². The summed E-state index contributed by atoms with van der Waals surface area (Å²) in [7, 11) is 0. The maximum atomic E-state index is 6.27. The molecule has 0 radical (unpaired) electrons. The van der Waals surface area contributed by atoms with Crippen molar-refractivity contribution in [3.63, 3.8) is 0 Å². The number of furan rings is 1. The van der Waals surface area contributed by atoms with Crippen molar-refractivity contribution in [2.45, 2.75) is 0 Å². The van der Waals surface area contributed by atoms with Crippen LogP contribution >= 0.6 is 0 Å². The first-order valence-electron chi connectivity index (χ1n) is 20.2. The van der Waals surface area contributed by atoms with Crippen LogP contribution in [-0.2, 0) is 0 Å². The Bertz CT molecular complexity index is 3500. The third kappa shape index (κ3) is 5.36. The van der Waals surface area contributed by atoms with Gasteiger partial charge in [-0.1, -0.05) is 152 Å². The van der Waals surface area contributed by atoms with Gasteiger partial charge in [0.25, 0.3) is 0 Å². The second-order valence-corrected chi connectivity index (χ2v) is 15.3. The van der Waals surface area contributed by atoms with Gasteiger partial charge in [0, 0.05) is 43.9 Å². The van der Waals surface area contributed by atoms with E-state index >= 15 is 0 Å². The van der Waals surface area contributed by atoms with Crippen molar-refractivity contribution in [3.8, 4) is 27.9 Å². The average molecular weight is 753 g/mol. The minimum Gasteiger partial charge on any atom is -0.456 e. The van der Waals surface area contributed by atoms with Gasteiger partial charge >= 0.3 is 0 Å². The molecule has 0 atom stereocenters. The molecule has 0 saturated carbocycles. The molecule has 0 aliphatic heterocycles. The Morgan fingerprint density at radius 1 is 0.339 bits per heavy atom. The summed E-state index contributed by atoms with van der Waals surface area (Å²) in [6.07, 6.45) is 0. The molecule has 0 fully saturated rings. The quantitative estimate of drug-likeness (QED) is 0.158. The lowest BCUT2D eigenvalue weighted by Gasteiger charge is -2.28. The molecule has 276 valence electrons. The number of hydrogen-bond donors (Lipinski definition) is 0. The first kappa shape index (κ1) is 33.3. The number of para-hydroxylation sites is 4. The van der Waals surface area contributed by atoms with Crippen LogP contribution in [0.2, 0.25) is 0 Å². The molecule has 0 spiro atoms. The molecule has 59 heavy (non-hydrogen) atoms. The van der Waals surface area contributed by atoms with E-state index in [2.05, 4.69) is 216 Å². The Morgan fingerprint density at radius 2 is 0.864 bits per heavy atom. The lowest BCUT2D eigenvalue weighted by molar-refractivity contribution is 0.669. The van der Waals surface area contributed by atoms with Crippen LogP contribution in [0.15, 0.2) is 223 Å². The van der Waals surface area contributed by atoms with Gasteiger partial charge in [0.1, 0.15) is 11.2 Å². The Balaban J connectivity index is 0.997. The molecule has 2 heterocycles. The fraction of sp³-hybridized carbons (Fsp3) is 0. The fourth-order valence-electron chi connectivity index (χ4n) is 9.24. The highest BCUT2D eigenvalue weighted by Gasteiger charge is 2.20. The van der Waals surface area contributed by atoms with Gasteiger partial charge in [-0.15, -0.1) is 0 Å². The van der Waals surface area contributed by atoms with Crippen molar-refractivity contribution >= 4 is 82.4 Å². The summed E-state index contributed by atoms with van der Waals surface area (Å²) in [5.74, 6) is 0. The highest BCUT2D eigenvalue weighted by atomic mass is 16.3. The lowest BCUT2D eigenvalue weighted by Crippen LogP contribution is -2.10. The van der Waals surface area contributed by atoms with E-state index in [0.29, 0.717) is 0 Å². The summed E-state index contributed by atoms with van der Waals surface area (Å²) in [6.45, 7) is 0. The van der Waals surface area contributed by atoms with Gasteiger partial charge in [-0.05, 0) is 99.6 Å². The maximum absolute atomic E-state index is 6.27. The summed E-state index contributed by atoms with van der Waals surface area (Å²) in [6, 6.07) is 78.8. The zero-order chi connectivity index (χ0) is 38.9. The molecule has 10 aromatic carbocycles. The number of hydrogen-bond acceptors (Lipinski definition) is 2. The van der Waals surface area contributed by atoms with Crippen molar-refractivity contribution in [1.29, 1.82) is 0 Å². The molecule has 0 aliphatic carbocycles. The van der Waals surface area contributed by atoms with Crippen molar-refractivity contribution in [1.82, 2.24) is 4.57 Å².